The minimum Gasteiger partial charge on any atom is -0.327 e. The maximum Gasteiger partial charge on any atom is 0.165 e. The standard InChI is InChI=1S/C11H11N3OS/c15-7-8-6-13-10(11-12-3-5-16-11)14-4-1-2-9(8)14/h3,5,7H,1-2,4,6H2. The van der Waals surface area contributed by atoms with E-state index in [4.69, 9.17) is 0 Å². The maximum atomic E-state index is 10.9. The predicted octanol–water partition coefficient (Wildman–Crippen LogP) is 1.45. The second kappa shape index (κ2) is 3.83. The summed E-state index contributed by atoms with van der Waals surface area (Å²) < 4.78 is 0. The Hall–Kier alpha value is -1.49. The fraction of sp³-hybridized carbons (Fsp3) is 0.364. The third kappa shape index (κ3) is 1.39. The number of aromatic nitrogens is 1. The van der Waals surface area contributed by atoms with Crippen molar-refractivity contribution in [3.05, 3.63) is 27.9 Å². The lowest BCUT2D eigenvalue weighted by Crippen LogP contribution is -2.32. The fourth-order valence-electron chi connectivity index (χ4n) is 2.20. The van der Waals surface area contributed by atoms with Crippen molar-refractivity contribution in [1.82, 2.24) is 9.88 Å². The topological polar surface area (TPSA) is 45.6 Å². The van der Waals surface area contributed by atoms with Gasteiger partial charge in [0, 0.05) is 29.4 Å². The van der Waals surface area contributed by atoms with Gasteiger partial charge >= 0.3 is 0 Å². The van der Waals surface area contributed by atoms with Gasteiger partial charge in [0.05, 0.1) is 6.54 Å². The molecule has 0 radical (unpaired) electrons. The van der Waals surface area contributed by atoms with Gasteiger partial charge in [-0.1, -0.05) is 0 Å². The van der Waals surface area contributed by atoms with Crippen LogP contribution in [0.3, 0.4) is 0 Å². The van der Waals surface area contributed by atoms with Crippen LogP contribution in [0, 0.1) is 0 Å². The zero-order chi connectivity index (χ0) is 11.0. The summed E-state index contributed by atoms with van der Waals surface area (Å²) >= 11 is 1.59. The molecule has 0 amide bonds. The average molecular weight is 233 g/mol. The van der Waals surface area contributed by atoms with E-state index < -0.39 is 0 Å². The normalized spacial score (nSPS) is 19.8. The van der Waals surface area contributed by atoms with Crippen molar-refractivity contribution in [2.75, 3.05) is 13.1 Å². The zero-order valence-electron chi connectivity index (χ0n) is 8.72. The van der Waals surface area contributed by atoms with Crippen LogP contribution in [-0.2, 0) is 4.79 Å². The van der Waals surface area contributed by atoms with Gasteiger partial charge < -0.3 is 4.90 Å². The molecular weight excluding hydrogens is 222 g/mol. The van der Waals surface area contributed by atoms with Gasteiger partial charge in [-0.25, -0.2) is 4.98 Å². The molecule has 3 rings (SSSR count). The fourth-order valence-corrected chi connectivity index (χ4v) is 2.85. The van der Waals surface area contributed by atoms with E-state index >= 15 is 0 Å². The molecule has 0 bridgehead atoms. The molecule has 4 nitrogen and oxygen atoms in total. The Bertz CT molecular complexity index is 475. The number of hydrogen-bond donors (Lipinski definition) is 0. The van der Waals surface area contributed by atoms with Crippen molar-refractivity contribution in [2.24, 2.45) is 4.99 Å². The molecule has 0 N–H and O–H groups in total. The number of aliphatic imine (C=N–C) groups is 1. The van der Waals surface area contributed by atoms with Gasteiger partial charge in [0.25, 0.3) is 0 Å². The number of fused-ring (bicyclic) bond motifs is 1. The van der Waals surface area contributed by atoms with Crippen molar-refractivity contribution < 1.29 is 4.79 Å². The van der Waals surface area contributed by atoms with Gasteiger partial charge in [-0.05, 0) is 12.8 Å². The Balaban J connectivity index is 2.00. The first-order chi connectivity index (χ1) is 7.90. The number of allylic oxidation sites excluding steroid dienone is 1. The summed E-state index contributed by atoms with van der Waals surface area (Å²) in [7, 11) is 0. The molecule has 0 unspecified atom stereocenters. The summed E-state index contributed by atoms with van der Waals surface area (Å²) in [4.78, 5) is 21.8. The molecule has 0 aromatic carbocycles. The third-order valence-electron chi connectivity index (χ3n) is 2.91. The maximum absolute atomic E-state index is 10.9. The monoisotopic (exact) mass is 233 g/mol. The van der Waals surface area contributed by atoms with Crippen LogP contribution in [0.1, 0.15) is 17.8 Å². The summed E-state index contributed by atoms with van der Waals surface area (Å²) in [5.41, 5.74) is 1.98. The van der Waals surface area contributed by atoms with Crippen molar-refractivity contribution >= 4 is 23.5 Å². The van der Waals surface area contributed by atoms with Crippen LogP contribution in [0.2, 0.25) is 0 Å². The molecule has 1 aromatic heterocycles. The molecule has 2 aliphatic heterocycles. The highest BCUT2D eigenvalue weighted by Crippen LogP contribution is 2.29. The van der Waals surface area contributed by atoms with E-state index in [1.54, 1.807) is 17.5 Å². The number of amidine groups is 1. The van der Waals surface area contributed by atoms with E-state index in [9.17, 15) is 4.79 Å². The number of carbonyl (C=O) groups excluding carboxylic acids is 1. The van der Waals surface area contributed by atoms with Gasteiger partial charge in [0.2, 0.25) is 0 Å². The highest BCUT2D eigenvalue weighted by Gasteiger charge is 2.29. The van der Waals surface area contributed by atoms with Crippen molar-refractivity contribution in [2.45, 2.75) is 12.8 Å². The highest BCUT2D eigenvalue weighted by atomic mass is 32.1. The van der Waals surface area contributed by atoms with E-state index in [-0.39, 0.29) is 0 Å². The van der Waals surface area contributed by atoms with Crippen molar-refractivity contribution in [3.8, 4) is 0 Å². The minimum absolute atomic E-state index is 0.504. The van der Waals surface area contributed by atoms with Crippen LogP contribution >= 0.6 is 11.3 Å². The van der Waals surface area contributed by atoms with Gasteiger partial charge in [-0.15, -0.1) is 11.3 Å². The molecule has 3 heterocycles. The molecule has 0 saturated carbocycles. The molecule has 82 valence electrons. The lowest BCUT2D eigenvalue weighted by Gasteiger charge is -2.25. The van der Waals surface area contributed by atoms with E-state index in [0.29, 0.717) is 6.54 Å². The van der Waals surface area contributed by atoms with Gasteiger partial charge in [0.1, 0.15) is 6.29 Å². The van der Waals surface area contributed by atoms with Crippen LogP contribution in [0.25, 0.3) is 0 Å². The van der Waals surface area contributed by atoms with Crippen molar-refractivity contribution in [3.63, 3.8) is 0 Å². The number of rotatable bonds is 2. The van der Waals surface area contributed by atoms with E-state index in [2.05, 4.69) is 14.9 Å². The number of thiazole rings is 1. The molecule has 0 atom stereocenters. The summed E-state index contributed by atoms with van der Waals surface area (Å²) in [5.74, 6) is 0.938. The number of nitrogens with zero attached hydrogens (tertiary/aromatic N) is 3. The zero-order valence-corrected chi connectivity index (χ0v) is 9.54. The van der Waals surface area contributed by atoms with Gasteiger partial charge in [-0.2, -0.15) is 0 Å². The summed E-state index contributed by atoms with van der Waals surface area (Å²) in [5, 5.41) is 2.90. The average Bonchev–Trinajstić information content (AvgIpc) is 2.98. The smallest absolute Gasteiger partial charge is 0.165 e. The van der Waals surface area contributed by atoms with Crippen LogP contribution < -0.4 is 0 Å². The van der Waals surface area contributed by atoms with Crippen LogP contribution in [0.5, 0.6) is 0 Å². The molecule has 1 aromatic rings. The Morgan fingerprint density at radius 3 is 3.19 bits per heavy atom. The first-order valence-electron chi connectivity index (χ1n) is 5.29. The van der Waals surface area contributed by atoms with E-state index in [0.717, 1.165) is 47.8 Å². The number of aldehydes is 1. The van der Waals surface area contributed by atoms with Gasteiger partial charge in [-0.3, -0.25) is 9.79 Å². The largest absolute Gasteiger partial charge is 0.327 e. The van der Waals surface area contributed by atoms with Crippen LogP contribution in [0.15, 0.2) is 27.8 Å². The first-order valence-corrected chi connectivity index (χ1v) is 6.17. The third-order valence-corrected chi connectivity index (χ3v) is 3.68. The van der Waals surface area contributed by atoms with Crippen LogP contribution in [0.4, 0.5) is 0 Å². The number of hydrogen-bond acceptors (Lipinski definition) is 5. The lowest BCUT2D eigenvalue weighted by molar-refractivity contribution is -0.105. The van der Waals surface area contributed by atoms with E-state index in [1.165, 1.54) is 0 Å². The summed E-state index contributed by atoms with van der Waals surface area (Å²) in [6.45, 7) is 1.45. The highest BCUT2D eigenvalue weighted by molar-refractivity contribution is 7.11. The van der Waals surface area contributed by atoms with E-state index in [1.807, 2.05) is 5.38 Å². The quantitative estimate of drug-likeness (QED) is 0.726. The lowest BCUT2D eigenvalue weighted by atomic mass is 10.1. The predicted molar refractivity (Wildman–Crippen MR) is 62.5 cm³/mol. The molecule has 0 aliphatic carbocycles. The minimum atomic E-state index is 0.504. The van der Waals surface area contributed by atoms with Crippen molar-refractivity contribution in [1.29, 1.82) is 0 Å². The second-order valence-corrected chi connectivity index (χ2v) is 4.72. The SMILES string of the molecule is O=CC1=C2CCCN2C(c2nccs2)=NC1. The Morgan fingerprint density at radius 2 is 2.44 bits per heavy atom. The molecule has 1 fully saturated rings. The Labute approximate surface area is 97.3 Å². The molecule has 0 spiro atoms. The second-order valence-electron chi connectivity index (χ2n) is 3.82. The molecule has 5 heteroatoms. The summed E-state index contributed by atoms with van der Waals surface area (Å²) in [6.07, 6.45) is 4.81. The van der Waals surface area contributed by atoms with Gasteiger partial charge in [0.15, 0.2) is 10.8 Å². The molecule has 1 saturated heterocycles. The Morgan fingerprint density at radius 1 is 1.50 bits per heavy atom. The number of carbonyl (C=O) groups is 1. The molecule has 16 heavy (non-hydrogen) atoms. The summed E-state index contributed by atoms with van der Waals surface area (Å²) in [6, 6.07) is 0. The molecule has 2 aliphatic rings. The molecular formula is C11H11N3OS. The Kier molecular flexibility index (Phi) is 2.32. The van der Waals surface area contributed by atoms with Crippen LogP contribution in [-0.4, -0.2) is 35.1 Å². The first kappa shape index (κ1) is 9.72.